The predicted octanol–water partition coefficient (Wildman–Crippen LogP) is 6.26. The van der Waals surface area contributed by atoms with Gasteiger partial charge in [0, 0.05) is 11.0 Å². The third kappa shape index (κ3) is 6.81. The predicted molar refractivity (Wildman–Crippen MR) is 148 cm³/mol. The van der Waals surface area contributed by atoms with Crippen molar-refractivity contribution in [1.82, 2.24) is 10.0 Å². The van der Waals surface area contributed by atoms with Crippen molar-refractivity contribution in [2.24, 2.45) is 0 Å². The Hall–Kier alpha value is -2.10. The smallest absolute Gasteiger partial charge is 0.253 e. The van der Waals surface area contributed by atoms with Gasteiger partial charge < -0.3 is 10.1 Å². The highest BCUT2D eigenvalue weighted by molar-refractivity contribution is 9.10. The number of carbonyl (C=O) groups excluding carboxylic acids is 1. The number of nitrogens with one attached hydrogen (secondary N) is 2. The van der Waals surface area contributed by atoms with Gasteiger partial charge in [-0.05, 0) is 74.2 Å². The van der Waals surface area contributed by atoms with E-state index < -0.39 is 21.5 Å². The lowest BCUT2D eigenvalue weighted by Crippen LogP contribution is -2.41. The Kier molecular flexibility index (Phi) is 9.11. The van der Waals surface area contributed by atoms with E-state index >= 15 is 0 Å². The second-order valence-corrected chi connectivity index (χ2v) is 12.2. The Bertz CT molecular complexity index is 1380. The SMILES string of the molecule is COc1ccc(CCNS(=O)(=O)c2cc(C(=O)NC(C)(C)c3ccc(Br)c(C)c3)c(Cl)cc2Cl)cc1. The van der Waals surface area contributed by atoms with Crippen molar-refractivity contribution in [1.29, 1.82) is 0 Å². The summed E-state index contributed by atoms with van der Waals surface area (Å²) < 4.78 is 34.7. The molecule has 0 bridgehead atoms. The average molecular weight is 614 g/mol. The van der Waals surface area contributed by atoms with Gasteiger partial charge >= 0.3 is 0 Å². The quantitative estimate of drug-likeness (QED) is 0.298. The van der Waals surface area contributed by atoms with Crippen LogP contribution in [0.25, 0.3) is 0 Å². The number of benzene rings is 3. The van der Waals surface area contributed by atoms with E-state index in [0.717, 1.165) is 26.9 Å². The van der Waals surface area contributed by atoms with Crippen molar-refractivity contribution in [3.63, 3.8) is 0 Å². The zero-order chi connectivity index (χ0) is 26.7. The van der Waals surface area contributed by atoms with Gasteiger partial charge in [-0.2, -0.15) is 0 Å². The van der Waals surface area contributed by atoms with E-state index in [4.69, 9.17) is 27.9 Å². The lowest BCUT2D eigenvalue weighted by atomic mass is 9.92. The minimum absolute atomic E-state index is 0.0125. The van der Waals surface area contributed by atoms with Gasteiger partial charge in [0.15, 0.2) is 0 Å². The van der Waals surface area contributed by atoms with E-state index in [2.05, 4.69) is 26.0 Å². The van der Waals surface area contributed by atoms with E-state index in [1.807, 2.05) is 63.2 Å². The van der Waals surface area contributed by atoms with Crippen LogP contribution in [0.2, 0.25) is 10.0 Å². The number of carbonyl (C=O) groups is 1. The van der Waals surface area contributed by atoms with E-state index in [9.17, 15) is 13.2 Å². The summed E-state index contributed by atoms with van der Waals surface area (Å²) in [6.45, 7) is 5.82. The molecular weight excluding hydrogens is 587 g/mol. The minimum atomic E-state index is -4.00. The number of hydrogen-bond acceptors (Lipinski definition) is 4. The summed E-state index contributed by atoms with van der Waals surface area (Å²) in [4.78, 5) is 13.0. The van der Waals surface area contributed by atoms with Gasteiger partial charge in [0.05, 0.1) is 28.3 Å². The van der Waals surface area contributed by atoms with E-state index in [-0.39, 0.29) is 27.0 Å². The van der Waals surface area contributed by atoms with Crippen LogP contribution < -0.4 is 14.8 Å². The molecular formula is C26H27BrCl2N2O4S. The second-order valence-electron chi connectivity index (χ2n) is 8.80. The summed E-state index contributed by atoms with van der Waals surface area (Å²) in [5.41, 5.74) is 2.11. The lowest BCUT2D eigenvalue weighted by Gasteiger charge is -2.28. The fourth-order valence-electron chi connectivity index (χ4n) is 3.57. The Morgan fingerprint density at radius 1 is 1.03 bits per heavy atom. The van der Waals surface area contributed by atoms with Gasteiger partial charge in [0.2, 0.25) is 10.0 Å². The first-order chi connectivity index (χ1) is 16.8. The monoisotopic (exact) mass is 612 g/mol. The molecule has 3 aromatic rings. The highest BCUT2D eigenvalue weighted by Gasteiger charge is 2.27. The number of rotatable bonds is 9. The third-order valence-corrected chi connectivity index (χ3v) is 8.85. The molecule has 0 unspecified atom stereocenters. The molecule has 10 heteroatoms. The average Bonchev–Trinajstić information content (AvgIpc) is 2.80. The molecule has 0 heterocycles. The molecule has 0 aliphatic heterocycles. The highest BCUT2D eigenvalue weighted by atomic mass is 79.9. The number of amides is 1. The topological polar surface area (TPSA) is 84.5 Å². The Labute approximate surface area is 230 Å². The second kappa shape index (κ2) is 11.5. The summed E-state index contributed by atoms with van der Waals surface area (Å²) in [7, 11) is -2.42. The van der Waals surface area contributed by atoms with Crippen LogP contribution in [0.3, 0.4) is 0 Å². The largest absolute Gasteiger partial charge is 0.497 e. The molecule has 0 fully saturated rings. The number of sulfonamides is 1. The Morgan fingerprint density at radius 3 is 2.31 bits per heavy atom. The van der Waals surface area contributed by atoms with Crippen LogP contribution in [0.15, 0.2) is 64.0 Å². The number of halogens is 3. The van der Waals surface area contributed by atoms with Crippen LogP contribution in [-0.4, -0.2) is 28.0 Å². The van der Waals surface area contributed by atoms with Gasteiger partial charge in [-0.1, -0.05) is 63.4 Å². The first-order valence-electron chi connectivity index (χ1n) is 11.0. The maximum atomic E-state index is 13.2. The van der Waals surface area contributed by atoms with Crippen LogP contribution in [0.4, 0.5) is 0 Å². The normalized spacial score (nSPS) is 11.9. The molecule has 0 saturated carbocycles. The van der Waals surface area contributed by atoms with Gasteiger partial charge in [-0.15, -0.1) is 0 Å². The molecule has 6 nitrogen and oxygen atoms in total. The Balaban J connectivity index is 1.79. The van der Waals surface area contributed by atoms with E-state index in [0.29, 0.717) is 6.42 Å². The number of hydrogen-bond donors (Lipinski definition) is 2. The van der Waals surface area contributed by atoms with Gasteiger partial charge in [0.25, 0.3) is 5.91 Å². The summed E-state index contributed by atoms with van der Waals surface area (Å²) in [6.07, 6.45) is 0.461. The van der Waals surface area contributed by atoms with Crippen LogP contribution >= 0.6 is 39.1 Å². The van der Waals surface area contributed by atoms with E-state index in [1.54, 1.807) is 7.11 Å². The number of methoxy groups -OCH3 is 1. The van der Waals surface area contributed by atoms with Crippen LogP contribution in [0.5, 0.6) is 5.75 Å². The summed E-state index contributed by atoms with van der Waals surface area (Å²) in [6, 6.07) is 15.6. The van der Waals surface area contributed by atoms with Gasteiger partial charge in [0.1, 0.15) is 10.6 Å². The lowest BCUT2D eigenvalue weighted by molar-refractivity contribution is 0.0912. The first-order valence-corrected chi connectivity index (χ1v) is 14.1. The minimum Gasteiger partial charge on any atom is -0.497 e. The van der Waals surface area contributed by atoms with Crippen molar-refractivity contribution in [3.8, 4) is 5.75 Å². The molecule has 192 valence electrons. The fraction of sp³-hybridized carbons (Fsp3) is 0.269. The molecule has 0 aromatic heterocycles. The molecule has 1 amide bonds. The zero-order valence-electron chi connectivity index (χ0n) is 20.3. The summed E-state index contributed by atoms with van der Waals surface area (Å²) in [5.74, 6) is 0.202. The molecule has 2 N–H and O–H groups in total. The molecule has 36 heavy (non-hydrogen) atoms. The summed E-state index contributed by atoms with van der Waals surface area (Å²) in [5, 5.41) is 2.92. The van der Waals surface area contributed by atoms with Crippen molar-refractivity contribution in [2.75, 3.05) is 13.7 Å². The van der Waals surface area contributed by atoms with Crippen molar-refractivity contribution in [2.45, 2.75) is 37.6 Å². The van der Waals surface area contributed by atoms with Crippen LogP contribution in [0, 0.1) is 6.92 Å². The van der Waals surface area contributed by atoms with E-state index in [1.165, 1.54) is 12.1 Å². The molecule has 3 rings (SSSR count). The molecule has 0 radical (unpaired) electrons. The molecule has 0 saturated heterocycles. The molecule has 0 spiro atoms. The first kappa shape index (κ1) is 28.5. The molecule has 0 atom stereocenters. The Morgan fingerprint density at radius 2 is 1.69 bits per heavy atom. The standard InChI is InChI=1S/C26H27BrCl2N2O4S/c1-16-13-18(7-10-21(16)27)26(2,3)31-25(32)20-14-24(23(29)15-22(20)28)36(33,34)30-12-11-17-5-8-19(35-4)9-6-17/h5-10,13-15,30H,11-12H2,1-4H3,(H,31,32). The van der Waals surface area contributed by atoms with Crippen molar-refractivity contribution in [3.05, 3.63) is 91.4 Å². The van der Waals surface area contributed by atoms with Gasteiger partial charge in [-0.25, -0.2) is 13.1 Å². The maximum absolute atomic E-state index is 13.2. The molecule has 3 aromatic carbocycles. The molecule has 0 aliphatic rings. The summed E-state index contributed by atoms with van der Waals surface area (Å²) >= 11 is 16.0. The van der Waals surface area contributed by atoms with Crippen LogP contribution in [0.1, 0.15) is 40.9 Å². The van der Waals surface area contributed by atoms with Crippen molar-refractivity contribution < 1.29 is 17.9 Å². The zero-order valence-corrected chi connectivity index (χ0v) is 24.2. The third-order valence-electron chi connectivity index (χ3n) is 5.73. The van der Waals surface area contributed by atoms with Gasteiger partial charge in [-0.3, -0.25) is 4.79 Å². The highest BCUT2D eigenvalue weighted by Crippen LogP contribution is 2.30. The maximum Gasteiger partial charge on any atom is 0.253 e. The number of aryl methyl sites for hydroxylation is 1. The fourth-order valence-corrected chi connectivity index (χ4v) is 5.70. The van der Waals surface area contributed by atoms with Crippen LogP contribution in [-0.2, 0) is 22.0 Å². The van der Waals surface area contributed by atoms with Crippen molar-refractivity contribution >= 4 is 55.1 Å². The number of ether oxygens (including phenoxy) is 1. The molecule has 0 aliphatic carbocycles.